The highest BCUT2D eigenvalue weighted by atomic mass is 32.2. The fourth-order valence-corrected chi connectivity index (χ4v) is 4.65. The van der Waals surface area contributed by atoms with Gasteiger partial charge in [0.2, 0.25) is 11.9 Å². The lowest BCUT2D eigenvalue weighted by Gasteiger charge is -2.13. The van der Waals surface area contributed by atoms with E-state index >= 15 is 0 Å². The highest BCUT2D eigenvalue weighted by Gasteiger charge is 2.21. The Morgan fingerprint density at radius 2 is 1.47 bits per heavy atom. The predicted molar refractivity (Wildman–Crippen MR) is 132 cm³/mol. The molecule has 4 aromatic rings. The number of halogens is 1. The summed E-state index contributed by atoms with van der Waals surface area (Å²) in [5.74, 6) is -0.721. The Labute approximate surface area is 205 Å². The van der Waals surface area contributed by atoms with Gasteiger partial charge in [-0.15, -0.1) is 0 Å². The number of hydrogen-bond acceptors (Lipinski definition) is 10. The van der Waals surface area contributed by atoms with E-state index in [4.69, 9.17) is 10.3 Å². The van der Waals surface area contributed by atoms with Crippen molar-refractivity contribution >= 4 is 60.0 Å². The molecule has 0 saturated heterocycles. The third-order valence-electron chi connectivity index (χ3n) is 4.54. The molecule has 0 bridgehead atoms. The molecule has 1 aromatic heterocycles. The van der Waals surface area contributed by atoms with Crippen LogP contribution in [0.15, 0.2) is 64.4 Å². The van der Waals surface area contributed by atoms with Crippen LogP contribution < -0.4 is 16.4 Å². The molecule has 0 spiro atoms. The topological polar surface area (TPSA) is 197 Å². The van der Waals surface area contributed by atoms with Crippen molar-refractivity contribution in [2.45, 2.75) is 23.6 Å². The fraction of sp³-hybridized carbons (Fsp3) is 0.0952. The van der Waals surface area contributed by atoms with Crippen LogP contribution in [-0.2, 0) is 20.2 Å². The summed E-state index contributed by atoms with van der Waals surface area (Å²) >= 11 is 0. The molecule has 3 aromatic carbocycles. The summed E-state index contributed by atoms with van der Waals surface area (Å²) in [5.41, 5.74) is 5.39. The molecule has 0 unspecified atom stereocenters. The Balaban J connectivity index is 0.00000176. The molecule has 0 aliphatic rings. The van der Waals surface area contributed by atoms with E-state index in [1.165, 1.54) is 18.2 Å². The van der Waals surface area contributed by atoms with Gasteiger partial charge in [0.1, 0.15) is 9.79 Å². The van der Waals surface area contributed by atoms with Crippen LogP contribution in [0.2, 0.25) is 0 Å². The van der Waals surface area contributed by atoms with Crippen molar-refractivity contribution in [2.75, 3.05) is 16.4 Å². The summed E-state index contributed by atoms with van der Waals surface area (Å²) in [6, 6.07) is 12.8. The molecule has 12 nitrogen and oxygen atoms in total. The molecular weight excluding hydrogens is 515 g/mol. The number of benzene rings is 3. The quantitative estimate of drug-likeness (QED) is 0.177. The number of fused-ring (bicyclic) bond motifs is 1. The zero-order valence-corrected chi connectivity index (χ0v) is 20.5. The van der Waals surface area contributed by atoms with Gasteiger partial charge in [-0.25, -0.2) is 0 Å². The van der Waals surface area contributed by atoms with Crippen molar-refractivity contribution in [3.05, 3.63) is 60.7 Å². The minimum atomic E-state index is -4.70. The number of nitrogens with one attached hydrogen (secondary N) is 2. The number of anilines is 5. The average molecular weight is 537 g/mol. The second-order valence-electron chi connectivity index (χ2n) is 6.87. The van der Waals surface area contributed by atoms with Crippen LogP contribution in [0.4, 0.5) is 33.3 Å². The van der Waals surface area contributed by atoms with E-state index in [2.05, 4.69) is 25.6 Å². The van der Waals surface area contributed by atoms with Crippen molar-refractivity contribution < 1.29 is 30.3 Å². The molecule has 0 aliphatic carbocycles. The number of hydrogen-bond donors (Lipinski definition) is 5. The molecule has 0 saturated carbocycles. The Hall–Kier alpha value is -3.92. The van der Waals surface area contributed by atoms with E-state index in [0.717, 1.165) is 12.1 Å². The number of nitrogens with two attached hydrogens (primary N) is 1. The van der Waals surface area contributed by atoms with Gasteiger partial charge in [-0.05, 0) is 29.7 Å². The Morgan fingerprint density at radius 1 is 0.833 bits per heavy atom. The lowest BCUT2D eigenvalue weighted by atomic mass is 10.1. The van der Waals surface area contributed by atoms with Crippen LogP contribution in [0.5, 0.6) is 0 Å². The standard InChI is InChI=1S/C19H15FN6O6S2.C2H6/c20-17-24-18(22-11-6-8-15(13(21)9-11)33(27,28)29)26-19(25-17)23-14-7-5-10-3-1-2-4-12(10)16(14)34(30,31)32;1-2/h1-9H,21H2,(H,27,28,29)(H,30,31,32)(H2,22,23,24,25,26);1-2H3. The van der Waals surface area contributed by atoms with Gasteiger partial charge >= 0.3 is 6.08 Å². The summed E-state index contributed by atoms with van der Waals surface area (Å²) in [5, 5.41) is 5.92. The first-order chi connectivity index (χ1) is 16.9. The van der Waals surface area contributed by atoms with Gasteiger partial charge in [-0.1, -0.05) is 44.2 Å². The summed E-state index contributed by atoms with van der Waals surface area (Å²) in [7, 11) is -9.23. The summed E-state index contributed by atoms with van der Waals surface area (Å²) in [4.78, 5) is 9.95. The zero-order chi connectivity index (χ0) is 26.7. The lowest BCUT2D eigenvalue weighted by molar-refractivity contribution is 0.481. The van der Waals surface area contributed by atoms with Crippen molar-refractivity contribution in [1.82, 2.24) is 15.0 Å². The average Bonchev–Trinajstić information content (AvgIpc) is 2.78. The first kappa shape index (κ1) is 26.7. The highest BCUT2D eigenvalue weighted by molar-refractivity contribution is 7.86. The number of rotatable bonds is 6. The normalized spacial score (nSPS) is 11.5. The predicted octanol–water partition coefficient (Wildman–Crippen LogP) is 3.75. The van der Waals surface area contributed by atoms with Crippen molar-refractivity contribution in [3.63, 3.8) is 0 Å². The molecule has 6 N–H and O–H groups in total. The van der Waals surface area contributed by atoms with E-state index < -0.39 is 42.1 Å². The van der Waals surface area contributed by atoms with Crippen LogP contribution in [0.3, 0.4) is 0 Å². The molecule has 15 heteroatoms. The van der Waals surface area contributed by atoms with Gasteiger partial charge in [-0.3, -0.25) is 9.11 Å². The third kappa shape index (κ3) is 6.01. The van der Waals surface area contributed by atoms with Crippen LogP contribution >= 0.6 is 0 Å². The molecule has 1 heterocycles. The Kier molecular flexibility index (Phi) is 7.68. The first-order valence-electron chi connectivity index (χ1n) is 10.2. The molecule has 36 heavy (non-hydrogen) atoms. The van der Waals surface area contributed by atoms with Crippen LogP contribution in [-0.4, -0.2) is 40.9 Å². The van der Waals surface area contributed by atoms with Crippen LogP contribution in [0.25, 0.3) is 10.8 Å². The summed E-state index contributed by atoms with van der Waals surface area (Å²) in [6.07, 6.45) is -1.23. The molecule has 0 aliphatic heterocycles. The summed E-state index contributed by atoms with van der Waals surface area (Å²) in [6.45, 7) is 4.00. The van der Waals surface area contributed by atoms with Crippen LogP contribution in [0.1, 0.15) is 13.8 Å². The monoisotopic (exact) mass is 536 g/mol. The molecule has 0 radical (unpaired) electrons. The maximum Gasteiger partial charge on any atom is 0.315 e. The fourth-order valence-electron chi connectivity index (χ4n) is 3.19. The molecular formula is C21H21FN6O6S2. The van der Waals surface area contributed by atoms with E-state index in [-0.39, 0.29) is 28.4 Å². The van der Waals surface area contributed by atoms with Gasteiger partial charge < -0.3 is 16.4 Å². The molecule has 4 rings (SSSR count). The smallest absolute Gasteiger partial charge is 0.315 e. The van der Waals surface area contributed by atoms with Gasteiger partial charge in [0.05, 0.1) is 11.4 Å². The van der Waals surface area contributed by atoms with Gasteiger partial charge in [-0.2, -0.15) is 36.2 Å². The maximum atomic E-state index is 14.1. The Bertz CT molecular complexity index is 1650. The third-order valence-corrected chi connectivity index (χ3v) is 6.42. The second kappa shape index (κ2) is 10.4. The largest absolute Gasteiger partial charge is 0.398 e. The number of nitrogen functional groups attached to an aromatic ring is 1. The van der Waals surface area contributed by atoms with Gasteiger partial charge in [0.25, 0.3) is 20.2 Å². The van der Waals surface area contributed by atoms with Gasteiger partial charge in [0.15, 0.2) is 0 Å². The van der Waals surface area contributed by atoms with E-state index in [1.807, 2.05) is 13.8 Å². The van der Waals surface area contributed by atoms with E-state index in [1.54, 1.807) is 24.3 Å². The molecule has 0 amide bonds. The summed E-state index contributed by atoms with van der Waals surface area (Å²) < 4.78 is 79.7. The molecule has 190 valence electrons. The van der Waals surface area contributed by atoms with Gasteiger partial charge in [0, 0.05) is 11.1 Å². The van der Waals surface area contributed by atoms with Crippen molar-refractivity contribution in [1.29, 1.82) is 0 Å². The van der Waals surface area contributed by atoms with E-state index in [0.29, 0.717) is 5.39 Å². The zero-order valence-electron chi connectivity index (χ0n) is 18.8. The molecule has 0 atom stereocenters. The molecule has 0 fully saturated rings. The highest BCUT2D eigenvalue weighted by Crippen LogP contribution is 2.32. The van der Waals surface area contributed by atoms with E-state index in [9.17, 15) is 25.8 Å². The lowest BCUT2D eigenvalue weighted by Crippen LogP contribution is -2.09. The minimum Gasteiger partial charge on any atom is -0.398 e. The van der Waals surface area contributed by atoms with Crippen LogP contribution in [0, 0.1) is 6.08 Å². The second-order valence-corrected chi connectivity index (χ2v) is 9.62. The first-order valence-corrected chi connectivity index (χ1v) is 13.1. The SMILES string of the molecule is CC.Nc1cc(Nc2nc(F)nc(Nc3ccc4ccccc4c3S(=O)(=O)O)n2)ccc1S(=O)(=O)O. The minimum absolute atomic E-state index is 0.112. The van der Waals surface area contributed by atoms with Crippen molar-refractivity contribution in [2.24, 2.45) is 0 Å². The maximum absolute atomic E-state index is 14.1. The Morgan fingerprint density at radius 3 is 2.08 bits per heavy atom. The number of nitrogens with zero attached hydrogens (tertiary/aromatic N) is 3. The number of aromatic nitrogens is 3. The van der Waals surface area contributed by atoms with Crippen molar-refractivity contribution in [3.8, 4) is 0 Å².